The number of benzene rings is 1. The normalized spacial score (nSPS) is 24.6. The molecule has 142 valence electrons. The van der Waals surface area contributed by atoms with Crippen LogP contribution in [-0.2, 0) is 9.53 Å². The highest BCUT2D eigenvalue weighted by molar-refractivity contribution is 6.01. The average molecular weight is 371 g/mol. The number of para-hydroxylation sites is 1. The number of non-ortho nitro benzene ring substituents is 1. The Bertz CT molecular complexity index is 921. The van der Waals surface area contributed by atoms with E-state index in [0.29, 0.717) is 23.2 Å². The fourth-order valence-electron chi connectivity index (χ4n) is 4.65. The van der Waals surface area contributed by atoms with Crippen molar-refractivity contribution in [1.29, 1.82) is 0 Å². The number of nitrogens with zero attached hydrogens (tertiary/aromatic N) is 2. The van der Waals surface area contributed by atoms with Crippen LogP contribution in [0.5, 0.6) is 0 Å². The number of nitro groups is 1. The summed E-state index contributed by atoms with van der Waals surface area (Å²) in [5, 5.41) is 11.8. The molecule has 8 heteroatoms. The number of carbonyl (C=O) groups excluding carboxylic acids is 2. The molecule has 4 rings (SSSR count). The van der Waals surface area contributed by atoms with E-state index in [-0.39, 0.29) is 23.3 Å². The number of likely N-dealkylation sites (tertiary alicyclic amines) is 1. The highest BCUT2D eigenvalue weighted by Gasteiger charge is 2.48. The van der Waals surface area contributed by atoms with Crippen molar-refractivity contribution >= 4 is 28.5 Å². The van der Waals surface area contributed by atoms with E-state index in [1.54, 1.807) is 23.1 Å². The Hall–Kier alpha value is -2.90. The van der Waals surface area contributed by atoms with Crippen LogP contribution in [-0.4, -0.2) is 45.9 Å². The summed E-state index contributed by atoms with van der Waals surface area (Å²) >= 11 is 0. The van der Waals surface area contributed by atoms with Crippen molar-refractivity contribution in [2.24, 2.45) is 5.92 Å². The number of methoxy groups -OCH3 is 1. The third-order valence-electron chi connectivity index (χ3n) is 5.86. The van der Waals surface area contributed by atoms with Crippen LogP contribution in [0.3, 0.4) is 0 Å². The summed E-state index contributed by atoms with van der Waals surface area (Å²) in [7, 11) is 1.33. The predicted octanol–water partition coefficient (Wildman–Crippen LogP) is 3.02. The number of carbonyl (C=O) groups is 2. The van der Waals surface area contributed by atoms with Crippen molar-refractivity contribution in [2.75, 3.05) is 7.11 Å². The Kier molecular flexibility index (Phi) is 4.33. The Morgan fingerprint density at radius 2 is 2.07 bits per heavy atom. The van der Waals surface area contributed by atoms with Crippen LogP contribution in [0.25, 0.3) is 10.9 Å². The Labute approximate surface area is 155 Å². The van der Waals surface area contributed by atoms with Crippen LogP contribution in [0.1, 0.15) is 42.6 Å². The molecule has 1 aromatic carbocycles. The van der Waals surface area contributed by atoms with E-state index in [4.69, 9.17) is 4.74 Å². The molecule has 27 heavy (non-hydrogen) atoms. The second-order valence-electron chi connectivity index (χ2n) is 7.28. The lowest BCUT2D eigenvalue weighted by Gasteiger charge is -2.33. The van der Waals surface area contributed by atoms with Gasteiger partial charge >= 0.3 is 5.97 Å². The van der Waals surface area contributed by atoms with Gasteiger partial charge in [0, 0.05) is 17.5 Å². The van der Waals surface area contributed by atoms with Crippen LogP contribution in [0.15, 0.2) is 24.3 Å². The van der Waals surface area contributed by atoms with Gasteiger partial charge in [-0.3, -0.25) is 14.9 Å². The molecule has 1 aromatic heterocycles. The number of nitro benzene ring substituents is 1. The number of H-pyrrole nitrogens is 1. The molecule has 3 atom stereocenters. The first-order valence-corrected chi connectivity index (χ1v) is 9.18. The molecule has 8 nitrogen and oxygen atoms in total. The summed E-state index contributed by atoms with van der Waals surface area (Å²) in [6.45, 7) is 0. The number of hydrogen-bond donors (Lipinski definition) is 1. The summed E-state index contributed by atoms with van der Waals surface area (Å²) in [4.78, 5) is 40.9. The monoisotopic (exact) mass is 371 g/mol. The fourth-order valence-corrected chi connectivity index (χ4v) is 4.65. The van der Waals surface area contributed by atoms with E-state index in [9.17, 15) is 19.7 Å². The summed E-state index contributed by atoms with van der Waals surface area (Å²) in [5.74, 6) is -0.407. The lowest BCUT2D eigenvalue weighted by Crippen LogP contribution is -2.46. The Morgan fingerprint density at radius 1 is 1.30 bits per heavy atom. The molecule has 1 amide bonds. The number of aromatic amines is 1. The van der Waals surface area contributed by atoms with Crippen molar-refractivity contribution in [1.82, 2.24) is 9.88 Å². The maximum Gasteiger partial charge on any atom is 0.328 e. The molecular weight excluding hydrogens is 350 g/mol. The molecule has 0 radical (unpaired) electrons. The van der Waals surface area contributed by atoms with Crippen molar-refractivity contribution in [3.8, 4) is 0 Å². The summed E-state index contributed by atoms with van der Waals surface area (Å²) in [6, 6.07) is 5.74. The zero-order valence-corrected chi connectivity index (χ0v) is 15.0. The standard InChI is InChI=1S/C19H21N3O5/c1-27-19(24)16-10-11-5-2-3-7-14(11)21(16)18(23)13-9-12-6-4-8-15(22(25)26)17(12)20-13/h4,6,8-9,11,14,16,20H,2-3,5,7,10H2,1H3/t11-,14-,16-/m0/s1. The zero-order chi connectivity index (χ0) is 19.1. The second kappa shape index (κ2) is 6.68. The van der Waals surface area contributed by atoms with Crippen LogP contribution in [0.2, 0.25) is 0 Å². The van der Waals surface area contributed by atoms with Crippen molar-refractivity contribution in [3.05, 3.63) is 40.1 Å². The van der Waals surface area contributed by atoms with Gasteiger partial charge in [0.2, 0.25) is 0 Å². The van der Waals surface area contributed by atoms with Gasteiger partial charge in [0.1, 0.15) is 17.3 Å². The topological polar surface area (TPSA) is 106 Å². The molecule has 0 unspecified atom stereocenters. The quantitative estimate of drug-likeness (QED) is 0.507. The zero-order valence-electron chi connectivity index (χ0n) is 15.0. The molecule has 2 heterocycles. The van der Waals surface area contributed by atoms with E-state index in [2.05, 4.69) is 4.98 Å². The minimum Gasteiger partial charge on any atom is -0.467 e. The maximum absolute atomic E-state index is 13.3. The Morgan fingerprint density at radius 3 is 2.81 bits per heavy atom. The van der Waals surface area contributed by atoms with Gasteiger partial charge in [-0.05, 0) is 31.2 Å². The van der Waals surface area contributed by atoms with Crippen LogP contribution in [0.4, 0.5) is 5.69 Å². The summed E-state index contributed by atoms with van der Waals surface area (Å²) in [5.41, 5.74) is 0.507. The third kappa shape index (κ3) is 2.85. The SMILES string of the molecule is COC(=O)[C@@H]1C[C@@H]2CCCC[C@@H]2N1C(=O)c1cc2cccc([N+](=O)[O-])c2[nH]1. The molecule has 1 saturated carbocycles. The van der Waals surface area contributed by atoms with E-state index in [1.165, 1.54) is 13.2 Å². The minimum atomic E-state index is -0.600. The van der Waals surface area contributed by atoms with Gasteiger partial charge in [-0.2, -0.15) is 0 Å². The van der Waals surface area contributed by atoms with E-state index >= 15 is 0 Å². The number of nitrogens with one attached hydrogen (secondary N) is 1. The van der Waals surface area contributed by atoms with Crippen LogP contribution in [0, 0.1) is 16.0 Å². The first-order chi connectivity index (χ1) is 13.0. The van der Waals surface area contributed by atoms with Crippen molar-refractivity contribution in [3.63, 3.8) is 0 Å². The molecule has 1 saturated heterocycles. The predicted molar refractivity (Wildman–Crippen MR) is 97.3 cm³/mol. The van der Waals surface area contributed by atoms with Gasteiger partial charge < -0.3 is 14.6 Å². The number of ether oxygens (including phenoxy) is 1. The molecule has 0 bridgehead atoms. The number of aromatic nitrogens is 1. The van der Waals surface area contributed by atoms with E-state index < -0.39 is 16.9 Å². The van der Waals surface area contributed by atoms with Gasteiger partial charge in [0.05, 0.1) is 12.0 Å². The number of rotatable bonds is 3. The molecular formula is C19H21N3O5. The lowest BCUT2D eigenvalue weighted by molar-refractivity contribution is -0.383. The molecule has 1 aliphatic heterocycles. The lowest BCUT2D eigenvalue weighted by atomic mass is 9.84. The van der Waals surface area contributed by atoms with Crippen molar-refractivity contribution < 1.29 is 19.2 Å². The summed E-state index contributed by atoms with van der Waals surface area (Å²) < 4.78 is 4.93. The largest absolute Gasteiger partial charge is 0.467 e. The van der Waals surface area contributed by atoms with Crippen LogP contribution < -0.4 is 0 Å². The smallest absolute Gasteiger partial charge is 0.328 e. The van der Waals surface area contributed by atoms with E-state index in [0.717, 1.165) is 25.7 Å². The first kappa shape index (κ1) is 17.5. The highest BCUT2D eigenvalue weighted by atomic mass is 16.6. The first-order valence-electron chi connectivity index (χ1n) is 9.18. The molecule has 2 fully saturated rings. The molecule has 2 aliphatic rings. The van der Waals surface area contributed by atoms with Crippen LogP contribution >= 0.6 is 0 Å². The molecule has 2 aromatic rings. The van der Waals surface area contributed by atoms with Gasteiger partial charge in [-0.1, -0.05) is 25.0 Å². The highest BCUT2D eigenvalue weighted by Crippen LogP contribution is 2.41. The number of fused-ring (bicyclic) bond motifs is 2. The van der Waals surface area contributed by atoms with Gasteiger partial charge in [0.15, 0.2) is 0 Å². The summed E-state index contributed by atoms with van der Waals surface area (Å²) in [6.07, 6.45) is 4.61. The minimum absolute atomic E-state index is 0.0109. The maximum atomic E-state index is 13.3. The average Bonchev–Trinajstić information content (AvgIpc) is 3.28. The second-order valence-corrected chi connectivity index (χ2v) is 7.28. The molecule has 0 spiro atoms. The number of amides is 1. The number of hydrogen-bond acceptors (Lipinski definition) is 5. The van der Waals surface area contributed by atoms with E-state index in [1.807, 2.05) is 0 Å². The molecule has 1 aliphatic carbocycles. The van der Waals surface area contributed by atoms with Crippen molar-refractivity contribution in [2.45, 2.75) is 44.2 Å². The fraction of sp³-hybridized carbons (Fsp3) is 0.474. The van der Waals surface area contributed by atoms with Gasteiger partial charge in [-0.15, -0.1) is 0 Å². The number of esters is 1. The van der Waals surface area contributed by atoms with Gasteiger partial charge in [-0.25, -0.2) is 4.79 Å². The Balaban J connectivity index is 1.73. The van der Waals surface area contributed by atoms with Gasteiger partial charge in [0.25, 0.3) is 11.6 Å². The molecule has 1 N–H and O–H groups in total. The third-order valence-corrected chi connectivity index (χ3v) is 5.86.